The van der Waals surface area contributed by atoms with Gasteiger partial charge in [0.1, 0.15) is 15.9 Å². The van der Waals surface area contributed by atoms with Crippen molar-refractivity contribution in [2.45, 2.75) is 30.7 Å². The van der Waals surface area contributed by atoms with Crippen molar-refractivity contribution in [2.24, 2.45) is 5.92 Å². The smallest absolute Gasteiger partial charge is 0.327 e. The summed E-state index contributed by atoms with van der Waals surface area (Å²) < 4.78 is 22.2. The average molecular weight is 307 g/mol. The lowest BCUT2D eigenvalue weighted by Gasteiger charge is -2.27. The molecular formula is C11H17NO5S2. The maximum Gasteiger partial charge on any atom is 0.327 e. The summed E-state index contributed by atoms with van der Waals surface area (Å²) in [5.74, 6) is -0.836. The Labute approximate surface area is 116 Å². The maximum absolute atomic E-state index is 12.1. The van der Waals surface area contributed by atoms with Crippen LogP contribution in [0.4, 0.5) is 0 Å². The second-order valence-corrected chi connectivity index (χ2v) is 8.51. The first kappa shape index (κ1) is 14.6. The molecule has 0 bridgehead atoms. The topological polar surface area (TPSA) is 91.8 Å². The maximum atomic E-state index is 12.1. The van der Waals surface area contributed by atoms with Crippen molar-refractivity contribution in [3.63, 3.8) is 0 Å². The predicted molar refractivity (Wildman–Crippen MR) is 71.6 cm³/mol. The van der Waals surface area contributed by atoms with E-state index in [-0.39, 0.29) is 23.5 Å². The quantitative estimate of drug-likeness (QED) is 0.779. The molecule has 0 spiro atoms. The molecule has 1 heterocycles. The number of aliphatic carboxylic acids is 1. The molecule has 0 aromatic rings. The summed E-state index contributed by atoms with van der Waals surface area (Å²) in [4.78, 5) is 24.7. The van der Waals surface area contributed by atoms with Gasteiger partial charge in [-0.2, -0.15) is 0 Å². The fourth-order valence-corrected chi connectivity index (χ4v) is 4.38. The third kappa shape index (κ3) is 3.62. The average Bonchev–Trinajstić information content (AvgIpc) is 3.03. The Morgan fingerprint density at radius 2 is 2.00 bits per heavy atom. The van der Waals surface area contributed by atoms with Gasteiger partial charge in [0.2, 0.25) is 5.91 Å². The number of carboxylic acids is 1. The van der Waals surface area contributed by atoms with Crippen LogP contribution in [0.2, 0.25) is 0 Å². The van der Waals surface area contributed by atoms with E-state index in [1.807, 2.05) is 0 Å². The van der Waals surface area contributed by atoms with Gasteiger partial charge in [-0.25, -0.2) is 13.2 Å². The van der Waals surface area contributed by atoms with Crippen LogP contribution in [0.1, 0.15) is 19.3 Å². The molecule has 1 aliphatic carbocycles. The Kier molecular flexibility index (Phi) is 4.10. The Hall–Kier alpha value is -0.760. The van der Waals surface area contributed by atoms with E-state index in [1.165, 1.54) is 16.7 Å². The molecule has 2 fully saturated rings. The molecule has 1 amide bonds. The van der Waals surface area contributed by atoms with Gasteiger partial charge in [0, 0.05) is 18.4 Å². The van der Waals surface area contributed by atoms with Gasteiger partial charge < -0.3 is 10.0 Å². The van der Waals surface area contributed by atoms with Gasteiger partial charge in [0.05, 0.1) is 11.1 Å². The molecule has 19 heavy (non-hydrogen) atoms. The standard InChI is InChI=1S/C11H17NO5S2/c1-19(16,17)5-4-9(13)12-8(11(14)15)6-18-10(12)7-2-3-7/h7-8,10H,2-6H2,1H3,(H,14,15). The summed E-state index contributed by atoms with van der Waals surface area (Å²) >= 11 is 1.49. The summed E-state index contributed by atoms with van der Waals surface area (Å²) in [7, 11) is -3.21. The van der Waals surface area contributed by atoms with Crippen LogP contribution in [0.3, 0.4) is 0 Å². The lowest BCUT2D eigenvalue weighted by molar-refractivity contribution is -0.149. The number of amides is 1. The highest BCUT2D eigenvalue weighted by Gasteiger charge is 2.47. The molecule has 1 saturated carbocycles. The Balaban J connectivity index is 2.07. The Bertz CT molecular complexity index is 485. The molecule has 2 atom stereocenters. The molecule has 8 heteroatoms. The Morgan fingerprint density at radius 1 is 1.37 bits per heavy atom. The number of hydrogen-bond acceptors (Lipinski definition) is 5. The fraction of sp³-hybridized carbons (Fsp3) is 0.818. The number of carboxylic acid groups (broad SMARTS) is 1. The lowest BCUT2D eigenvalue weighted by atomic mass is 10.2. The van der Waals surface area contributed by atoms with Crippen molar-refractivity contribution < 1.29 is 23.1 Å². The van der Waals surface area contributed by atoms with Crippen LogP contribution in [-0.4, -0.2) is 59.5 Å². The van der Waals surface area contributed by atoms with Crippen LogP contribution >= 0.6 is 11.8 Å². The normalized spacial score (nSPS) is 27.5. The summed E-state index contributed by atoms with van der Waals surface area (Å²) in [6, 6.07) is -0.817. The molecule has 0 radical (unpaired) electrons. The molecule has 108 valence electrons. The molecule has 0 aromatic carbocycles. The largest absolute Gasteiger partial charge is 0.480 e. The molecule has 6 nitrogen and oxygen atoms in total. The van der Waals surface area contributed by atoms with Crippen molar-refractivity contribution in [1.29, 1.82) is 0 Å². The van der Waals surface area contributed by atoms with E-state index < -0.39 is 21.8 Å². The number of hydrogen-bond donors (Lipinski definition) is 1. The summed E-state index contributed by atoms with van der Waals surface area (Å²) in [5.41, 5.74) is 0. The van der Waals surface area contributed by atoms with Crippen LogP contribution in [0.25, 0.3) is 0 Å². The number of carbonyl (C=O) groups excluding carboxylic acids is 1. The molecule has 2 rings (SSSR count). The minimum absolute atomic E-state index is 0.0897. The van der Waals surface area contributed by atoms with Gasteiger partial charge in [-0.05, 0) is 18.8 Å². The molecule has 0 aromatic heterocycles. The van der Waals surface area contributed by atoms with Crippen LogP contribution in [0.15, 0.2) is 0 Å². The van der Waals surface area contributed by atoms with E-state index in [0.717, 1.165) is 19.1 Å². The molecule has 1 N–H and O–H groups in total. The van der Waals surface area contributed by atoms with Gasteiger partial charge in [0.15, 0.2) is 0 Å². The highest BCUT2D eigenvalue weighted by Crippen LogP contribution is 2.45. The van der Waals surface area contributed by atoms with Crippen molar-refractivity contribution in [2.75, 3.05) is 17.8 Å². The van der Waals surface area contributed by atoms with Gasteiger partial charge in [0.25, 0.3) is 0 Å². The van der Waals surface area contributed by atoms with Gasteiger partial charge in [-0.1, -0.05) is 0 Å². The number of thioether (sulfide) groups is 1. The van der Waals surface area contributed by atoms with Gasteiger partial charge >= 0.3 is 5.97 Å². The first-order valence-electron chi connectivity index (χ1n) is 6.13. The summed E-state index contributed by atoms with van der Waals surface area (Å²) in [6.07, 6.45) is 2.97. The first-order valence-corrected chi connectivity index (χ1v) is 9.24. The number of rotatable bonds is 5. The van der Waals surface area contributed by atoms with Crippen molar-refractivity contribution >= 4 is 33.5 Å². The van der Waals surface area contributed by atoms with E-state index in [9.17, 15) is 18.0 Å². The molecule has 1 aliphatic heterocycles. The van der Waals surface area contributed by atoms with Crippen LogP contribution in [0, 0.1) is 5.92 Å². The SMILES string of the molecule is CS(=O)(=O)CCC(=O)N1C(C(=O)O)CSC1C1CC1. The number of sulfone groups is 1. The minimum Gasteiger partial charge on any atom is -0.480 e. The van der Waals surface area contributed by atoms with Crippen molar-refractivity contribution in [3.8, 4) is 0 Å². The van der Waals surface area contributed by atoms with Crippen LogP contribution in [0.5, 0.6) is 0 Å². The molecular weight excluding hydrogens is 290 g/mol. The molecule has 2 aliphatic rings. The first-order chi connectivity index (χ1) is 8.79. The zero-order chi connectivity index (χ0) is 14.2. The van der Waals surface area contributed by atoms with E-state index in [0.29, 0.717) is 11.7 Å². The zero-order valence-electron chi connectivity index (χ0n) is 10.6. The predicted octanol–water partition coefficient (Wildman–Crippen LogP) is 0.186. The van der Waals surface area contributed by atoms with E-state index in [4.69, 9.17) is 5.11 Å². The number of carbonyl (C=O) groups is 2. The lowest BCUT2D eigenvalue weighted by Crippen LogP contribution is -2.46. The van der Waals surface area contributed by atoms with E-state index in [1.54, 1.807) is 0 Å². The molecule has 1 saturated heterocycles. The zero-order valence-corrected chi connectivity index (χ0v) is 12.2. The highest BCUT2D eigenvalue weighted by molar-refractivity contribution is 8.00. The second kappa shape index (κ2) is 5.32. The van der Waals surface area contributed by atoms with E-state index >= 15 is 0 Å². The minimum atomic E-state index is -3.21. The van der Waals surface area contributed by atoms with Crippen molar-refractivity contribution in [1.82, 2.24) is 4.90 Å². The number of nitrogens with zero attached hydrogens (tertiary/aromatic N) is 1. The second-order valence-electron chi connectivity index (χ2n) is 5.10. The van der Waals surface area contributed by atoms with Crippen LogP contribution in [-0.2, 0) is 19.4 Å². The third-order valence-electron chi connectivity index (χ3n) is 3.32. The third-order valence-corrected chi connectivity index (χ3v) is 5.73. The Morgan fingerprint density at radius 3 is 2.47 bits per heavy atom. The van der Waals surface area contributed by atoms with Crippen LogP contribution < -0.4 is 0 Å². The fourth-order valence-electron chi connectivity index (χ4n) is 2.18. The van der Waals surface area contributed by atoms with Crippen molar-refractivity contribution in [3.05, 3.63) is 0 Å². The van der Waals surface area contributed by atoms with E-state index in [2.05, 4.69) is 0 Å². The summed E-state index contributed by atoms with van der Waals surface area (Å²) in [5, 5.41) is 9.07. The van der Waals surface area contributed by atoms with Gasteiger partial charge in [-0.15, -0.1) is 11.8 Å². The monoisotopic (exact) mass is 307 g/mol. The van der Waals surface area contributed by atoms with Gasteiger partial charge in [-0.3, -0.25) is 4.79 Å². The molecule has 2 unspecified atom stereocenters. The summed E-state index contributed by atoms with van der Waals surface area (Å²) in [6.45, 7) is 0. The highest BCUT2D eigenvalue weighted by atomic mass is 32.2.